The predicted molar refractivity (Wildman–Crippen MR) is 56.3 cm³/mol. The Bertz CT molecular complexity index is 701. The average Bonchev–Trinajstić information content (AvgIpc) is 2.32. The summed E-state index contributed by atoms with van der Waals surface area (Å²) in [4.78, 5) is 11.0. The SMILES string of the molecule is O=C(O)C1=c2ccccc2=NS(=O)(=O)C=C1. The summed E-state index contributed by atoms with van der Waals surface area (Å²) in [5.41, 5.74) is -0.0829. The third kappa shape index (κ3) is 1.87. The molecule has 0 spiro atoms. The summed E-state index contributed by atoms with van der Waals surface area (Å²) >= 11 is 0. The summed E-state index contributed by atoms with van der Waals surface area (Å²) in [5, 5.41) is 10.2. The standard InChI is InChI=1S/C10H7NO4S/c12-10(13)8-5-6-16(14,15)11-9-4-2-1-3-7(8)9/h1-6H,(H,12,13). The summed E-state index contributed by atoms with van der Waals surface area (Å²) in [7, 11) is -3.74. The van der Waals surface area contributed by atoms with Gasteiger partial charge in [-0.15, -0.1) is 0 Å². The number of hydrogen-bond acceptors (Lipinski definition) is 3. The number of carboxylic acid groups (broad SMARTS) is 1. The second-order valence-electron chi connectivity index (χ2n) is 3.14. The molecule has 0 fully saturated rings. The maximum atomic E-state index is 11.3. The maximum absolute atomic E-state index is 11.3. The minimum absolute atomic E-state index is 0.0829. The van der Waals surface area contributed by atoms with E-state index >= 15 is 0 Å². The van der Waals surface area contributed by atoms with Gasteiger partial charge in [0.1, 0.15) is 0 Å². The molecule has 0 saturated carbocycles. The van der Waals surface area contributed by atoms with Crippen molar-refractivity contribution in [2.45, 2.75) is 0 Å². The van der Waals surface area contributed by atoms with Gasteiger partial charge >= 0.3 is 5.97 Å². The first kappa shape index (κ1) is 10.6. The van der Waals surface area contributed by atoms with Gasteiger partial charge < -0.3 is 5.11 Å². The number of aliphatic carboxylic acids is 1. The first-order valence-electron chi connectivity index (χ1n) is 4.35. The number of carboxylic acids is 1. The Morgan fingerprint density at radius 3 is 2.62 bits per heavy atom. The lowest BCUT2D eigenvalue weighted by atomic mass is 10.1. The highest BCUT2D eigenvalue weighted by Crippen LogP contribution is 2.03. The Labute approximate surface area is 91.1 Å². The zero-order valence-corrected chi connectivity index (χ0v) is 8.81. The fourth-order valence-electron chi connectivity index (χ4n) is 1.38. The van der Waals surface area contributed by atoms with Gasteiger partial charge in [0.15, 0.2) is 0 Å². The topological polar surface area (TPSA) is 83.8 Å². The van der Waals surface area contributed by atoms with Crippen molar-refractivity contribution in [1.29, 1.82) is 0 Å². The highest BCUT2D eigenvalue weighted by atomic mass is 32.2. The fraction of sp³-hybridized carbons (Fsp3) is 0. The van der Waals surface area contributed by atoms with E-state index in [4.69, 9.17) is 5.11 Å². The Morgan fingerprint density at radius 2 is 1.94 bits per heavy atom. The van der Waals surface area contributed by atoms with Crippen LogP contribution in [-0.2, 0) is 14.8 Å². The Morgan fingerprint density at radius 1 is 1.25 bits per heavy atom. The van der Waals surface area contributed by atoms with Gasteiger partial charge in [0, 0.05) is 5.22 Å². The minimum atomic E-state index is -3.74. The molecule has 16 heavy (non-hydrogen) atoms. The van der Waals surface area contributed by atoms with E-state index < -0.39 is 16.0 Å². The molecule has 0 bridgehead atoms. The van der Waals surface area contributed by atoms with Crippen LogP contribution in [0, 0.1) is 0 Å². The van der Waals surface area contributed by atoms with E-state index in [1.54, 1.807) is 12.1 Å². The predicted octanol–water partition coefficient (Wildman–Crippen LogP) is -0.601. The van der Waals surface area contributed by atoms with Gasteiger partial charge in [-0.3, -0.25) is 0 Å². The lowest BCUT2D eigenvalue weighted by Gasteiger charge is -1.92. The molecule has 82 valence electrons. The smallest absolute Gasteiger partial charge is 0.336 e. The molecule has 0 atom stereocenters. The second kappa shape index (κ2) is 3.57. The summed E-state index contributed by atoms with van der Waals surface area (Å²) in [6, 6.07) is 6.21. The van der Waals surface area contributed by atoms with E-state index in [-0.39, 0.29) is 10.9 Å². The van der Waals surface area contributed by atoms with E-state index in [2.05, 4.69) is 4.40 Å². The van der Waals surface area contributed by atoms with Gasteiger partial charge in [0.25, 0.3) is 10.0 Å². The van der Waals surface area contributed by atoms with Crippen LogP contribution in [0.3, 0.4) is 0 Å². The molecule has 5 nitrogen and oxygen atoms in total. The van der Waals surface area contributed by atoms with Crippen molar-refractivity contribution in [2.24, 2.45) is 4.40 Å². The van der Waals surface area contributed by atoms with E-state index in [1.165, 1.54) is 12.1 Å². The second-order valence-corrected chi connectivity index (χ2v) is 4.63. The van der Waals surface area contributed by atoms with Gasteiger partial charge in [-0.05, 0) is 12.1 Å². The molecule has 2 rings (SSSR count). The summed E-state index contributed by atoms with van der Waals surface area (Å²) in [5.74, 6) is -1.18. The molecular formula is C10H7NO4S. The number of fused-ring (bicyclic) bond motifs is 1. The first-order chi connectivity index (χ1) is 7.49. The van der Waals surface area contributed by atoms with Gasteiger partial charge in [-0.25, -0.2) is 4.79 Å². The molecule has 0 unspecified atom stereocenters. The van der Waals surface area contributed by atoms with Crippen LogP contribution in [0.1, 0.15) is 0 Å². The van der Waals surface area contributed by atoms with Gasteiger partial charge in [0.2, 0.25) is 0 Å². The fourth-order valence-corrected chi connectivity index (χ4v) is 2.18. The quantitative estimate of drug-likeness (QED) is 0.706. The van der Waals surface area contributed by atoms with Crippen molar-refractivity contribution in [2.75, 3.05) is 0 Å². The van der Waals surface area contributed by atoms with Crippen molar-refractivity contribution in [1.82, 2.24) is 0 Å². The zero-order valence-electron chi connectivity index (χ0n) is 7.99. The molecule has 0 aliphatic carbocycles. The lowest BCUT2D eigenvalue weighted by molar-refractivity contribution is -0.130. The van der Waals surface area contributed by atoms with Crippen molar-refractivity contribution >= 4 is 21.6 Å². The van der Waals surface area contributed by atoms with Crippen LogP contribution >= 0.6 is 0 Å². The Hall–Kier alpha value is -1.95. The van der Waals surface area contributed by atoms with Crippen LogP contribution < -0.4 is 10.6 Å². The molecule has 0 radical (unpaired) electrons. The van der Waals surface area contributed by atoms with Crippen LogP contribution in [0.5, 0.6) is 0 Å². The first-order valence-corrected chi connectivity index (χ1v) is 5.86. The van der Waals surface area contributed by atoms with E-state index in [0.29, 0.717) is 5.22 Å². The number of nitrogens with zero attached hydrogens (tertiary/aromatic N) is 1. The zero-order chi connectivity index (χ0) is 11.8. The number of benzene rings is 1. The largest absolute Gasteiger partial charge is 0.478 e. The van der Waals surface area contributed by atoms with Gasteiger partial charge in [-0.2, -0.15) is 12.8 Å². The normalized spacial score (nSPS) is 17.1. The molecule has 1 N–H and O–H groups in total. The molecule has 0 aromatic heterocycles. The lowest BCUT2D eigenvalue weighted by Crippen LogP contribution is -2.28. The molecule has 1 aliphatic rings. The Balaban J connectivity index is 3.00. The van der Waals surface area contributed by atoms with E-state index in [1.807, 2.05) is 0 Å². The van der Waals surface area contributed by atoms with Crippen LogP contribution in [0.25, 0.3) is 5.57 Å². The summed E-state index contributed by atoms with van der Waals surface area (Å²) in [6.07, 6.45) is 1.05. The van der Waals surface area contributed by atoms with Gasteiger partial charge in [0.05, 0.1) is 16.3 Å². The van der Waals surface area contributed by atoms with E-state index in [0.717, 1.165) is 11.5 Å². The third-order valence-electron chi connectivity index (χ3n) is 2.06. The molecule has 1 aromatic carbocycles. The van der Waals surface area contributed by atoms with Crippen molar-refractivity contribution < 1.29 is 18.3 Å². The molecule has 0 amide bonds. The number of rotatable bonds is 1. The van der Waals surface area contributed by atoms with Crippen molar-refractivity contribution in [3.05, 3.63) is 46.3 Å². The highest BCUT2D eigenvalue weighted by molar-refractivity contribution is 7.92. The highest BCUT2D eigenvalue weighted by Gasteiger charge is 2.12. The van der Waals surface area contributed by atoms with Crippen molar-refractivity contribution in [3.63, 3.8) is 0 Å². The third-order valence-corrected chi connectivity index (χ3v) is 2.99. The van der Waals surface area contributed by atoms with E-state index in [9.17, 15) is 13.2 Å². The minimum Gasteiger partial charge on any atom is -0.478 e. The maximum Gasteiger partial charge on any atom is 0.336 e. The van der Waals surface area contributed by atoms with Crippen LogP contribution in [0.2, 0.25) is 0 Å². The van der Waals surface area contributed by atoms with Crippen molar-refractivity contribution in [3.8, 4) is 0 Å². The monoisotopic (exact) mass is 237 g/mol. The van der Waals surface area contributed by atoms with Crippen LogP contribution in [0.4, 0.5) is 0 Å². The Kier molecular flexibility index (Phi) is 2.35. The average molecular weight is 237 g/mol. The molecular weight excluding hydrogens is 230 g/mol. The van der Waals surface area contributed by atoms with Crippen LogP contribution in [0.15, 0.2) is 40.1 Å². The summed E-state index contributed by atoms with van der Waals surface area (Å²) < 4.78 is 26.2. The number of sulfonamides is 1. The number of carbonyl (C=O) groups is 1. The molecule has 0 saturated heterocycles. The summed E-state index contributed by atoms with van der Waals surface area (Å²) in [6.45, 7) is 0. The molecule has 1 aliphatic heterocycles. The van der Waals surface area contributed by atoms with Crippen LogP contribution in [-0.4, -0.2) is 19.5 Å². The number of hydrogen-bond donors (Lipinski definition) is 1. The molecule has 1 aromatic rings. The van der Waals surface area contributed by atoms with Gasteiger partial charge in [-0.1, -0.05) is 18.2 Å². The molecule has 1 heterocycles. The molecule has 6 heteroatoms.